The molecule has 1 aliphatic carbocycles. The highest BCUT2D eigenvalue weighted by atomic mass is 35.5. The van der Waals surface area contributed by atoms with Crippen LogP contribution >= 0.6 is 11.6 Å². The molecular formula is C14H12ClN3O3. The number of aromatic nitrogens is 1. The van der Waals surface area contributed by atoms with Gasteiger partial charge in [-0.15, -0.1) is 0 Å². The Kier molecular flexibility index (Phi) is 3.62. The summed E-state index contributed by atoms with van der Waals surface area (Å²) in [5, 5.41) is 5.70. The number of benzene rings is 1. The second kappa shape index (κ2) is 5.57. The van der Waals surface area contributed by atoms with Crippen LogP contribution < -0.4 is 10.6 Å². The molecule has 0 atom stereocenters. The first-order chi connectivity index (χ1) is 10.1. The molecule has 108 valence electrons. The second-order valence-electron chi connectivity index (χ2n) is 4.77. The van der Waals surface area contributed by atoms with Gasteiger partial charge in [0.05, 0.1) is 0 Å². The van der Waals surface area contributed by atoms with Crippen molar-refractivity contribution in [2.75, 3.05) is 10.6 Å². The van der Waals surface area contributed by atoms with E-state index in [0.29, 0.717) is 10.7 Å². The minimum atomic E-state index is -0.437. The lowest BCUT2D eigenvalue weighted by Crippen LogP contribution is -2.15. The fourth-order valence-corrected chi connectivity index (χ4v) is 1.94. The predicted octanol–water partition coefficient (Wildman–Crippen LogP) is 2.93. The third kappa shape index (κ3) is 3.41. The topological polar surface area (TPSA) is 84.2 Å². The summed E-state index contributed by atoms with van der Waals surface area (Å²) in [6.07, 6.45) is 2.96. The Bertz CT molecular complexity index is 694. The Morgan fingerprint density at radius 3 is 2.81 bits per heavy atom. The van der Waals surface area contributed by atoms with Gasteiger partial charge in [-0.25, -0.2) is 0 Å². The third-order valence-corrected chi connectivity index (χ3v) is 3.23. The highest BCUT2D eigenvalue weighted by Gasteiger charge is 2.30. The van der Waals surface area contributed by atoms with Crippen molar-refractivity contribution < 1.29 is 14.0 Å². The molecule has 0 saturated heterocycles. The number of nitrogens with zero attached hydrogens (tertiary/aromatic N) is 1. The second-order valence-corrected chi connectivity index (χ2v) is 5.20. The maximum Gasteiger partial charge on any atom is 0.302 e. The normalized spacial score (nSPS) is 13.8. The van der Waals surface area contributed by atoms with Crippen LogP contribution in [0.3, 0.4) is 0 Å². The van der Waals surface area contributed by atoms with E-state index in [1.807, 2.05) is 0 Å². The Morgan fingerprint density at radius 1 is 1.29 bits per heavy atom. The van der Waals surface area contributed by atoms with Crippen molar-refractivity contribution in [2.24, 2.45) is 5.92 Å². The molecule has 7 heteroatoms. The molecule has 1 aromatic heterocycles. The van der Waals surface area contributed by atoms with E-state index in [4.69, 9.17) is 16.0 Å². The van der Waals surface area contributed by atoms with E-state index >= 15 is 0 Å². The number of carbonyl (C=O) groups is 2. The van der Waals surface area contributed by atoms with Gasteiger partial charge in [0.25, 0.3) is 5.91 Å². The molecule has 3 rings (SSSR count). The number of halogens is 1. The van der Waals surface area contributed by atoms with Gasteiger partial charge in [-0.1, -0.05) is 17.7 Å². The molecule has 0 unspecified atom stereocenters. The van der Waals surface area contributed by atoms with Crippen LogP contribution in [0.15, 0.2) is 34.9 Å². The average Bonchev–Trinajstić information content (AvgIpc) is 3.19. The van der Waals surface area contributed by atoms with Crippen LogP contribution in [0.1, 0.15) is 23.3 Å². The number of oxazole rings is 1. The van der Waals surface area contributed by atoms with Crippen LogP contribution in [-0.4, -0.2) is 16.8 Å². The van der Waals surface area contributed by atoms with Gasteiger partial charge in [0.2, 0.25) is 5.91 Å². The molecule has 2 aromatic rings. The van der Waals surface area contributed by atoms with Crippen molar-refractivity contribution in [3.63, 3.8) is 0 Å². The third-order valence-electron chi connectivity index (χ3n) is 3.00. The number of anilines is 2. The molecule has 2 N–H and O–H groups in total. The van der Waals surface area contributed by atoms with Gasteiger partial charge in [0, 0.05) is 16.6 Å². The number of carbonyl (C=O) groups excluding carboxylic acids is 2. The summed E-state index contributed by atoms with van der Waals surface area (Å²) in [6.45, 7) is 0. The van der Waals surface area contributed by atoms with E-state index < -0.39 is 5.91 Å². The van der Waals surface area contributed by atoms with Gasteiger partial charge in [0.15, 0.2) is 5.69 Å². The highest BCUT2D eigenvalue weighted by Crippen LogP contribution is 2.30. The molecule has 0 radical (unpaired) electrons. The summed E-state index contributed by atoms with van der Waals surface area (Å²) >= 11 is 5.84. The summed E-state index contributed by atoms with van der Waals surface area (Å²) in [5.74, 6) is -0.521. The van der Waals surface area contributed by atoms with Crippen LogP contribution in [-0.2, 0) is 4.79 Å². The first kappa shape index (κ1) is 13.6. The standard InChI is InChI=1S/C14H12ClN3O3/c15-9-2-1-3-10(6-9)16-13(20)11-7-21-14(17-11)18-12(19)8-4-5-8/h1-3,6-8H,4-5H2,(H,16,20)(H,17,18,19). The Balaban J connectivity index is 1.64. The Hall–Kier alpha value is -2.34. The van der Waals surface area contributed by atoms with E-state index in [1.165, 1.54) is 6.26 Å². The van der Waals surface area contributed by atoms with E-state index in [-0.39, 0.29) is 23.5 Å². The first-order valence-corrected chi connectivity index (χ1v) is 6.83. The lowest BCUT2D eigenvalue weighted by Gasteiger charge is -2.02. The van der Waals surface area contributed by atoms with Gasteiger partial charge >= 0.3 is 6.01 Å². The van der Waals surface area contributed by atoms with Crippen LogP contribution in [0, 0.1) is 5.92 Å². The van der Waals surface area contributed by atoms with Crippen molar-refractivity contribution in [2.45, 2.75) is 12.8 Å². The monoisotopic (exact) mass is 305 g/mol. The molecule has 1 fully saturated rings. The smallest absolute Gasteiger partial charge is 0.302 e. The minimum absolute atomic E-state index is 0.0307. The van der Waals surface area contributed by atoms with Crippen molar-refractivity contribution in [3.8, 4) is 0 Å². The molecule has 1 aliphatic rings. The number of hydrogen-bond acceptors (Lipinski definition) is 4. The summed E-state index contributed by atoms with van der Waals surface area (Å²) < 4.78 is 5.07. The van der Waals surface area contributed by atoms with Crippen LogP contribution in [0.5, 0.6) is 0 Å². The first-order valence-electron chi connectivity index (χ1n) is 6.45. The average molecular weight is 306 g/mol. The zero-order chi connectivity index (χ0) is 14.8. The van der Waals surface area contributed by atoms with Crippen molar-refractivity contribution in [1.29, 1.82) is 0 Å². The van der Waals surface area contributed by atoms with Crippen LogP contribution in [0.4, 0.5) is 11.7 Å². The quantitative estimate of drug-likeness (QED) is 0.909. The maximum absolute atomic E-state index is 12.0. The van der Waals surface area contributed by atoms with Gasteiger partial charge in [0.1, 0.15) is 6.26 Å². The molecule has 21 heavy (non-hydrogen) atoms. The number of hydrogen-bond donors (Lipinski definition) is 2. The molecule has 0 aliphatic heterocycles. The van der Waals surface area contributed by atoms with Crippen molar-refractivity contribution in [1.82, 2.24) is 4.98 Å². The molecule has 0 bridgehead atoms. The fourth-order valence-electron chi connectivity index (χ4n) is 1.75. The minimum Gasteiger partial charge on any atom is -0.431 e. The van der Waals surface area contributed by atoms with E-state index in [1.54, 1.807) is 24.3 Å². The molecule has 1 aromatic carbocycles. The fraction of sp³-hybridized carbons (Fsp3) is 0.214. The Morgan fingerprint density at radius 2 is 2.10 bits per heavy atom. The molecular weight excluding hydrogens is 294 g/mol. The summed E-state index contributed by atoms with van der Waals surface area (Å²) in [4.78, 5) is 27.5. The predicted molar refractivity (Wildman–Crippen MR) is 77.3 cm³/mol. The zero-order valence-electron chi connectivity index (χ0n) is 10.9. The molecule has 1 saturated carbocycles. The van der Waals surface area contributed by atoms with Crippen LogP contribution in [0.2, 0.25) is 5.02 Å². The largest absolute Gasteiger partial charge is 0.431 e. The molecule has 2 amide bonds. The lowest BCUT2D eigenvalue weighted by atomic mass is 10.3. The number of nitrogens with one attached hydrogen (secondary N) is 2. The molecule has 0 spiro atoms. The van der Waals surface area contributed by atoms with Gasteiger partial charge < -0.3 is 9.73 Å². The van der Waals surface area contributed by atoms with E-state index in [0.717, 1.165) is 12.8 Å². The van der Waals surface area contributed by atoms with Crippen molar-refractivity contribution >= 4 is 35.1 Å². The molecule has 6 nitrogen and oxygen atoms in total. The van der Waals surface area contributed by atoms with Crippen LogP contribution in [0.25, 0.3) is 0 Å². The van der Waals surface area contributed by atoms with Gasteiger partial charge in [-0.05, 0) is 31.0 Å². The van der Waals surface area contributed by atoms with Crippen molar-refractivity contribution in [3.05, 3.63) is 41.2 Å². The number of amides is 2. The summed E-state index contributed by atoms with van der Waals surface area (Å²) in [7, 11) is 0. The molecule has 1 heterocycles. The van der Waals surface area contributed by atoms with E-state index in [9.17, 15) is 9.59 Å². The van der Waals surface area contributed by atoms with E-state index in [2.05, 4.69) is 15.6 Å². The van der Waals surface area contributed by atoms with Gasteiger partial charge in [-0.3, -0.25) is 14.9 Å². The SMILES string of the molecule is O=C(Nc1cccc(Cl)c1)c1coc(NC(=O)C2CC2)n1. The zero-order valence-corrected chi connectivity index (χ0v) is 11.7. The Labute approximate surface area is 125 Å². The highest BCUT2D eigenvalue weighted by molar-refractivity contribution is 6.30. The number of rotatable bonds is 4. The van der Waals surface area contributed by atoms with Gasteiger partial charge in [-0.2, -0.15) is 4.98 Å². The lowest BCUT2D eigenvalue weighted by molar-refractivity contribution is -0.117. The summed E-state index contributed by atoms with van der Waals surface area (Å²) in [6, 6.07) is 6.79. The summed E-state index contributed by atoms with van der Waals surface area (Å²) in [5.41, 5.74) is 0.639. The maximum atomic E-state index is 12.0.